The van der Waals surface area contributed by atoms with Gasteiger partial charge in [0.05, 0.1) is 6.61 Å². The molecule has 1 aliphatic heterocycles. The fourth-order valence-electron chi connectivity index (χ4n) is 2.01. The number of piperidine rings is 1. The van der Waals surface area contributed by atoms with E-state index in [2.05, 4.69) is 0 Å². The number of methoxy groups -OCH3 is 1. The number of nitrogens with zero attached hydrogens (tertiary/aromatic N) is 1. The second-order valence-corrected chi connectivity index (χ2v) is 4.17. The van der Waals surface area contributed by atoms with Gasteiger partial charge in [-0.2, -0.15) is 0 Å². The van der Waals surface area contributed by atoms with E-state index >= 15 is 0 Å². The van der Waals surface area contributed by atoms with Crippen LogP contribution in [0.1, 0.15) is 33.1 Å². The van der Waals surface area contributed by atoms with E-state index < -0.39 is 12.1 Å². The van der Waals surface area contributed by atoms with E-state index in [1.54, 1.807) is 18.7 Å². The zero-order valence-electron chi connectivity index (χ0n) is 10.8. The van der Waals surface area contributed by atoms with Crippen LogP contribution in [0.2, 0.25) is 0 Å². The van der Waals surface area contributed by atoms with Gasteiger partial charge in [-0.15, -0.1) is 0 Å². The van der Waals surface area contributed by atoms with E-state index in [9.17, 15) is 9.59 Å². The van der Waals surface area contributed by atoms with E-state index in [1.165, 1.54) is 7.11 Å². The predicted octanol–water partition coefficient (Wildman–Crippen LogP) is 0.965. The van der Waals surface area contributed by atoms with E-state index in [4.69, 9.17) is 9.47 Å². The van der Waals surface area contributed by atoms with Gasteiger partial charge in [0.15, 0.2) is 0 Å². The number of ether oxygens (including phenoxy) is 2. The lowest BCUT2D eigenvalue weighted by molar-refractivity contribution is -0.160. The highest BCUT2D eigenvalue weighted by molar-refractivity contribution is 5.87. The third-order valence-corrected chi connectivity index (χ3v) is 3.05. The first-order valence-corrected chi connectivity index (χ1v) is 6.11. The minimum absolute atomic E-state index is 0.134. The molecule has 98 valence electrons. The average molecular weight is 243 g/mol. The van der Waals surface area contributed by atoms with Gasteiger partial charge in [-0.3, -0.25) is 4.79 Å². The van der Waals surface area contributed by atoms with Crippen LogP contribution in [0.5, 0.6) is 0 Å². The van der Waals surface area contributed by atoms with E-state index in [-0.39, 0.29) is 11.9 Å². The van der Waals surface area contributed by atoms with Gasteiger partial charge in [-0.05, 0) is 33.1 Å². The number of carbonyl (C=O) groups excluding carboxylic acids is 2. The summed E-state index contributed by atoms with van der Waals surface area (Å²) in [6, 6.07) is -0.436. The minimum atomic E-state index is -0.509. The van der Waals surface area contributed by atoms with Crippen LogP contribution in [0.4, 0.5) is 0 Å². The van der Waals surface area contributed by atoms with Gasteiger partial charge in [0.25, 0.3) is 5.91 Å². The zero-order chi connectivity index (χ0) is 12.8. The molecule has 0 radical (unpaired) electrons. The SMILES string of the molecule is CCOC(=O)C1CCCCN1C(=O)C(C)OC. The van der Waals surface area contributed by atoms with Crippen LogP contribution in [0.3, 0.4) is 0 Å². The molecule has 0 bridgehead atoms. The molecule has 1 amide bonds. The van der Waals surface area contributed by atoms with Crippen LogP contribution in [0, 0.1) is 0 Å². The summed E-state index contributed by atoms with van der Waals surface area (Å²) in [7, 11) is 1.49. The van der Waals surface area contributed by atoms with Crippen LogP contribution in [-0.4, -0.2) is 49.2 Å². The maximum atomic E-state index is 12.0. The number of likely N-dealkylation sites (tertiary alicyclic amines) is 1. The van der Waals surface area contributed by atoms with Crippen LogP contribution >= 0.6 is 0 Å². The van der Waals surface area contributed by atoms with Gasteiger partial charge < -0.3 is 14.4 Å². The molecule has 1 aliphatic rings. The molecule has 1 saturated heterocycles. The van der Waals surface area contributed by atoms with Gasteiger partial charge in [0, 0.05) is 13.7 Å². The fraction of sp³-hybridized carbons (Fsp3) is 0.833. The predicted molar refractivity (Wildman–Crippen MR) is 62.5 cm³/mol. The summed E-state index contributed by atoms with van der Waals surface area (Å²) in [5.41, 5.74) is 0. The monoisotopic (exact) mass is 243 g/mol. The molecule has 2 unspecified atom stereocenters. The largest absolute Gasteiger partial charge is 0.464 e. The van der Waals surface area contributed by atoms with Crippen molar-refractivity contribution in [2.75, 3.05) is 20.3 Å². The summed E-state index contributed by atoms with van der Waals surface area (Å²) in [6.45, 7) is 4.41. The summed E-state index contributed by atoms with van der Waals surface area (Å²) < 4.78 is 10.0. The molecule has 0 aromatic heterocycles. The molecule has 1 fully saturated rings. The summed E-state index contributed by atoms with van der Waals surface area (Å²) in [6.07, 6.45) is 2.05. The summed E-state index contributed by atoms with van der Waals surface area (Å²) in [5, 5.41) is 0. The lowest BCUT2D eigenvalue weighted by atomic mass is 10.0. The standard InChI is InChI=1S/C12H21NO4/c1-4-17-12(15)10-7-5-6-8-13(10)11(14)9(2)16-3/h9-10H,4-8H2,1-3H3. The molecule has 0 aromatic carbocycles. The third-order valence-electron chi connectivity index (χ3n) is 3.05. The van der Waals surface area contributed by atoms with Gasteiger partial charge in [-0.25, -0.2) is 4.79 Å². The van der Waals surface area contributed by atoms with Crippen molar-refractivity contribution in [3.8, 4) is 0 Å². The first-order chi connectivity index (χ1) is 8.11. The Hall–Kier alpha value is -1.10. The number of amides is 1. The normalized spacial score (nSPS) is 22.1. The first-order valence-electron chi connectivity index (χ1n) is 6.11. The summed E-state index contributed by atoms with van der Waals surface area (Å²) in [4.78, 5) is 25.4. The molecule has 1 rings (SSSR count). The topological polar surface area (TPSA) is 55.8 Å². The van der Waals surface area contributed by atoms with Crippen molar-refractivity contribution in [3.05, 3.63) is 0 Å². The summed E-state index contributed by atoms with van der Waals surface area (Å²) >= 11 is 0. The Balaban J connectivity index is 2.71. The Morgan fingerprint density at radius 2 is 2.12 bits per heavy atom. The van der Waals surface area contributed by atoms with E-state index in [0.29, 0.717) is 19.6 Å². The molecule has 17 heavy (non-hydrogen) atoms. The summed E-state index contributed by atoms with van der Waals surface area (Å²) in [5.74, 6) is -0.436. The first kappa shape index (κ1) is 14.0. The third kappa shape index (κ3) is 3.43. The highest BCUT2D eigenvalue weighted by Crippen LogP contribution is 2.19. The van der Waals surface area contributed by atoms with Gasteiger partial charge in [0.1, 0.15) is 12.1 Å². The Labute approximate surface area is 102 Å². The lowest BCUT2D eigenvalue weighted by Gasteiger charge is -2.35. The maximum Gasteiger partial charge on any atom is 0.328 e. The average Bonchev–Trinajstić information content (AvgIpc) is 2.37. The fourth-order valence-corrected chi connectivity index (χ4v) is 2.01. The van der Waals surface area contributed by atoms with Crippen molar-refractivity contribution < 1.29 is 19.1 Å². The number of rotatable bonds is 4. The van der Waals surface area contributed by atoms with E-state index in [0.717, 1.165) is 12.8 Å². The van der Waals surface area contributed by atoms with Crippen molar-refractivity contribution in [2.24, 2.45) is 0 Å². The number of hydrogen-bond acceptors (Lipinski definition) is 4. The van der Waals surface area contributed by atoms with Crippen molar-refractivity contribution in [1.29, 1.82) is 0 Å². The molecule has 1 heterocycles. The second-order valence-electron chi connectivity index (χ2n) is 4.17. The number of hydrogen-bond donors (Lipinski definition) is 0. The smallest absolute Gasteiger partial charge is 0.328 e. The Morgan fingerprint density at radius 3 is 2.71 bits per heavy atom. The van der Waals surface area contributed by atoms with Crippen LogP contribution < -0.4 is 0 Å². The van der Waals surface area contributed by atoms with Crippen molar-refractivity contribution in [3.63, 3.8) is 0 Å². The molecule has 0 spiro atoms. The second kappa shape index (κ2) is 6.59. The van der Waals surface area contributed by atoms with Gasteiger partial charge in [0.2, 0.25) is 0 Å². The van der Waals surface area contributed by atoms with Gasteiger partial charge >= 0.3 is 5.97 Å². The molecule has 0 N–H and O–H groups in total. The van der Waals surface area contributed by atoms with Crippen molar-refractivity contribution >= 4 is 11.9 Å². The van der Waals surface area contributed by atoms with Crippen molar-refractivity contribution in [2.45, 2.75) is 45.3 Å². The minimum Gasteiger partial charge on any atom is -0.464 e. The number of esters is 1. The molecule has 5 nitrogen and oxygen atoms in total. The Morgan fingerprint density at radius 1 is 1.41 bits per heavy atom. The van der Waals surface area contributed by atoms with Crippen LogP contribution in [0.25, 0.3) is 0 Å². The highest BCUT2D eigenvalue weighted by atomic mass is 16.5. The molecule has 0 aromatic rings. The highest BCUT2D eigenvalue weighted by Gasteiger charge is 2.34. The Bertz CT molecular complexity index is 280. The zero-order valence-corrected chi connectivity index (χ0v) is 10.8. The van der Waals surface area contributed by atoms with Gasteiger partial charge in [-0.1, -0.05) is 0 Å². The molecule has 5 heteroatoms. The Kier molecular flexibility index (Phi) is 5.41. The van der Waals surface area contributed by atoms with Crippen LogP contribution in [-0.2, 0) is 19.1 Å². The molecule has 0 saturated carbocycles. The molecular formula is C12H21NO4. The van der Waals surface area contributed by atoms with Crippen molar-refractivity contribution in [1.82, 2.24) is 4.90 Å². The van der Waals surface area contributed by atoms with Crippen LogP contribution in [0.15, 0.2) is 0 Å². The number of carbonyl (C=O) groups is 2. The molecular weight excluding hydrogens is 222 g/mol. The van der Waals surface area contributed by atoms with E-state index in [1.807, 2.05) is 0 Å². The molecule has 2 atom stereocenters. The maximum absolute atomic E-state index is 12.0. The lowest BCUT2D eigenvalue weighted by Crippen LogP contribution is -2.51. The molecule has 0 aliphatic carbocycles. The quantitative estimate of drug-likeness (QED) is 0.690.